The predicted molar refractivity (Wildman–Crippen MR) is 87.3 cm³/mol. The van der Waals surface area contributed by atoms with Crippen molar-refractivity contribution in [2.45, 2.75) is 44.7 Å². The van der Waals surface area contributed by atoms with Crippen LogP contribution in [-0.4, -0.2) is 0 Å². The van der Waals surface area contributed by atoms with E-state index in [1.54, 1.807) is 12.1 Å². The summed E-state index contributed by atoms with van der Waals surface area (Å²) in [6.07, 6.45) is 0.763. The highest BCUT2D eigenvalue weighted by Crippen LogP contribution is 2.36. The molecule has 2 aromatic rings. The van der Waals surface area contributed by atoms with E-state index in [0.29, 0.717) is 5.92 Å². The van der Waals surface area contributed by atoms with Crippen molar-refractivity contribution in [3.8, 4) is 11.1 Å². The smallest absolute Gasteiger partial charge is 0.166 e. The Balaban J connectivity index is 1.74. The minimum atomic E-state index is -4.28. The van der Waals surface area contributed by atoms with Crippen LogP contribution in [0.5, 0.6) is 0 Å². The lowest BCUT2D eigenvalue weighted by Gasteiger charge is -2.26. The van der Waals surface area contributed by atoms with Gasteiger partial charge < -0.3 is 0 Å². The third-order valence-electron chi connectivity index (χ3n) is 4.94. The molecular weight excluding hydrogens is 297 g/mol. The highest BCUT2D eigenvalue weighted by atomic mass is 19.4. The summed E-state index contributed by atoms with van der Waals surface area (Å²) in [5, 5.41) is 0. The minimum absolute atomic E-state index is 0.603. The number of benzene rings is 2. The second-order valence-electron chi connectivity index (χ2n) is 6.65. The molecule has 23 heavy (non-hydrogen) atoms. The molecule has 0 bridgehead atoms. The van der Waals surface area contributed by atoms with Gasteiger partial charge in [-0.15, -0.1) is 0 Å². The van der Waals surface area contributed by atoms with E-state index in [1.807, 2.05) is 12.1 Å². The standard InChI is InChI=1S/C20H21F3/c1-14-2-4-15(5-3-14)16-6-8-17(9-7-16)18-10-12-19(13-11-18)20(21,22)23/h6-15H,2-5H2,1H3/t14-,15-. The summed E-state index contributed by atoms with van der Waals surface area (Å²) < 4.78 is 37.8. The fraction of sp³-hybridized carbons (Fsp3) is 0.400. The molecule has 0 aromatic heterocycles. The van der Waals surface area contributed by atoms with Gasteiger partial charge in [0.15, 0.2) is 0 Å². The zero-order chi connectivity index (χ0) is 16.4. The third-order valence-corrected chi connectivity index (χ3v) is 4.94. The number of hydrogen-bond acceptors (Lipinski definition) is 0. The molecule has 0 N–H and O–H groups in total. The van der Waals surface area contributed by atoms with Gasteiger partial charge in [0.2, 0.25) is 0 Å². The molecule has 0 saturated heterocycles. The van der Waals surface area contributed by atoms with Crippen molar-refractivity contribution in [3.63, 3.8) is 0 Å². The van der Waals surface area contributed by atoms with Gasteiger partial charge in [0.1, 0.15) is 0 Å². The van der Waals surface area contributed by atoms with Gasteiger partial charge in [-0.25, -0.2) is 0 Å². The second-order valence-corrected chi connectivity index (χ2v) is 6.65. The Morgan fingerprint density at radius 2 is 1.22 bits per heavy atom. The zero-order valence-electron chi connectivity index (χ0n) is 13.2. The first-order valence-corrected chi connectivity index (χ1v) is 8.21. The molecule has 3 heteroatoms. The van der Waals surface area contributed by atoms with Crippen molar-refractivity contribution in [1.82, 2.24) is 0 Å². The Morgan fingerprint density at radius 3 is 1.70 bits per heavy atom. The lowest BCUT2D eigenvalue weighted by Crippen LogP contribution is -2.10. The average Bonchev–Trinajstić information content (AvgIpc) is 2.55. The normalized spacial score (nSPS) is 22.1. The Labute approximate surface area is 135 Å². The van der Waals surface area contributed by atoms with E-state index in [9.17, 15) is 13.2 Å². The Bertz CT molecular complexity index is 630. The monoisotopic (exact) mass is 318 g/mol. The van der Waals surface area contributed by atoms with E-state index >= 15 is 0 Å². The SMILES string of the molecule is C[C@H]1CC[C@H](c2ccc(-c3ccc(C(F)(F)F)cc3)cc2)CC1. The lowest BCUT2D eigenvalue weighted by atomic mass is 9.79. The van der Waals surface area contributed by atoms with Gasteiger partial charge in [0, 0.05) is 0 Å². The van der Waals surface area contributed by atoms with E-state index in [2.05, 4.69) is 19.1 Å². The summed E-state index contributed by atoms with van der Waals surface area (Å²) in [6, 6.07) is 13.7. The summed E-state index contributed by atoms with van der Waals surface area (Å²) in [7, 11) is 0. The van der Waals surface area contributed by atoms with E-state index in [1.165, 1.54) is 31.2 Å². The van der Waals surface area contributed by atoms with Crippen molar-refractivity contribution < 1.29 is 13.2 Å². The third kappa shape index (κ3) is 3.77. The maximum absolute atomic E-state index is 12.6. The first-order chi connectivity index (χ1) is 10.9. The highest BCUT2D eigenvalue weighted by Gasteiger charge is 2.30. The van der Waals surface area contributed by atoms with Crippen LogP contribution in [0, 0.1) is 5.92 Å². The summed E-state index contributed by atoms with van der Waals surface area (Å²) in [5.41, 5.74) is 2.54. The first kappa shape index (κ1) is 16.1. The van der Waals surface area contributed by atoms with Gasteiger partial charge in [0.05, 0.1) is 5.56 Å². The molecule has 1 aliphatic carbocycles. The van der Waals surface area contributed by atoms with Crippen LogP contribution in [0.1, 0.15) is 49.7 Å². The van der Waals surface area contributed by atoms with Crippen molar-refractivity contribution in [2.75, 3.05) is 0 Å². The van der Waals surface area contributed by atoms with E-state index in [0.717, 1.165) is 29.2 Å². The molecule has 122 valence electrons. The maximum Gasteiger partial charge on any atom is 0.416 e. The largest absolute Gasteiger partial charge is 0.416 e. The Kier molecular flexibility index (Phi) is 4.47. The van der Waals surface area contributed by atoms with E-state index < -0.39 is 11.7 Å². The fourth-order valence-electron chi connectivity index (χ4n) is 3.39. The molecule has 0 nitrogen and oxygen atoms in total. The van der Waals surface area contributed by atoms with Gasteiger partial charge in [-0.05, 0) is 53.5 Å². The van der Waals surface area contributed by atoms with Crippen molar-refractivity contribution >= 4 is 0 Å². The molecule has 0 heterocycles. The molecular formula is C20H21F3. The van der Waals surface area contributed by atoms with Gasteiger partial charge in [-0.1, -0.05) is 56.2 Å². The van der Waals surface area contributed by atoms with Gasteiger partial charge in [-0.2, -0.15) is 13.2 Å². The number of alkyl halides is 3. The average molecular weight is 318 g/mol. The summed E-state index contributed by atoms with van der Waals surface area (Å²) in [4.78, 5) is 0. The minimum Gasteiger partial charge on any atom is -0.166 e. The van der Waals surface area contributed by atoms with E-state index in [4.69, 9.17) is 0 Å². The quantitative estimate of drug-likeness (QED) is 0.580. The van der Waals surface area contributed by atoms with Gasteiger partial charge >= 0.3 is 6.18 Å². The van der Waals surface area contributed by atoms with Crippen LogP contribution in [-0.2, 0) is 6.18 Å². The number of rotatable bonds is 2. The maximum atomic E-state index is 12.6. The molecule has 1 aliphatic rings. The molecule has 0 spiro atoms. The van der Waals surface area contributed by atoms with Crippen LogP contribution in [0.15, 0.2) is 48.5 Å². The fourth-order valence-corrected chi connectivity index (χ4v) is 3.39. The topological polar surface area (TPSA) is 0 Å². The van der Waals surface area contributed by atoms with Crippen LogP contribution in [0.4, 0.5) is 13.2 Å². The predicted octanol–water partition coefficient (Wildman–Crippen LogP) is 6.67. The second kappa shape index (κ2) is 6.38. The Hall–Kier alpha value is -1.77. The molecule has 2 aromatic carbocycles. The van der Waals surface area contributed by atoms with Crippen LogP contribution >= 0.6 is 0 Å². The zero-order valence-corrected chi connectivity index (χ0v) is 13.2. The molecule has 0 unspecified atom stereocenters. The number of halogens is 3. The molecule has 1 saturated carbocycles. The summed E-state index contributed by atoms with van der Waals surface area (Å²) in [5.74, 6) is 1.46. The molecule has 0 amide bonds. The highest BCUT2D eigenvalue weighted by molar-refractivity contribution is 5.64. The molecule has 1 fully saturated rings. The lowest BCUT2D eigenvalue weighted by molar-refractivity contribution is -0.137. The Morgan fingerprint density at radius 1 is 0.739 bits per heavy atom. The van der Waals surface area contributed by atoms with Gasteiger partial charge in [0.25, 0.3) is 0 Å². The van der Waals surface area contributed by atoms with Gasteiger partial charge in [-0.3, -0.25) is 0 Å². The summed E-state index contributed by atoms with van der Waals surface area (Å²) >= 11 is 0. The van der Waals surface area contributed by atoms with E-state index in [-0.39, 0.29) is 0 Å². The van der Waals surface area contributed by atoms with Crippen molar-refractivity contribution in [3.05, 3.63) is 59.7 Å². The van der Waals surface area contributed by atoms with Crippen LogP contribution in [0.25, 0.3) is 11.1 Å². The van der Waals surface area contributed by atoms with Crippen LogP contribution < -0.4 is 0 Å². The molecule has 0 radical (unpaired) electrons. The molecule has 0 atom stereocenters. The van der Waals surface area contributed by atoms with Crippen LogP contribution in [0.3, 0.4) is 0 Å². The molecule has 3 rings (SSSR count). The summed E-state index contributed by atoms with van der Waals surface area (Å²) in [6.45, 7) is 2.31. The first-order valence-electron chi connectivity index (χ1n) is 8.21. The number of hydrogen-bond donors (Lipinski definition) is 0. The molecule has 0 aliphatic heterocycles. The van der Waals surface area contributed by atoms with Crippen molar-refractivity contribution in [2.24, 2.45) is 5.92 Å². The van der Waals surface area contributed by atoms with Crippen molar-refractivity contribution in [1.29, 1.82) is 0 Å². The van der Waals surface area contributed by atoms with Crippen LogP contribution in [0.2, 0.25) is 0 Å².